The van der Waals surface area contributed by atoms with Gasteiger partial charge in [-0.2, -0.15) is 0 Å². The zero-order valence-corrected chi connectivity index (χ0v) is 19.8. The van der Waals surface area contributed by atoms with Crippen molar-refractivity contribution in [3.05, 3.63) is 23.9 Å². The second-order valence-corrected chi connectivity index (χ2v) is 9.15. The smallest absolute Gasteiger partial charge is 0.191 e. The van der Waals surface area contributed by atoms with Crippen LogP contribution in [-0.4, -0.2) is 74.4 Å². The summed E-state index contributed by atoms with van der Waals surface area (Å²) in [4.78, 5) is 14.4. The van der Waals surface area contributed by atoms with Gasteiger partial charge in [0.25, 0.3) is 0 Å². The summed E-state index contributed by atoms with van der Waals surface area (Å²) in [6.07, 6.45) is 7.31. The highest BCUT2D eigenvalue weighted by molar-refractivity contribution is 5.79. The van der Waals surface area contributed by atoms with Gasteiger partial charge in [0.2, 0.25) is 0 Å². The number of anilines is 1. The van der Waals surface area contributed by atoms with Crippen LogP contribution < -0.4 is 15.5 Å². The molecule has 0 aliphatic carbocycles. The first kappa shape index (κ1) is 23.8. The highest BCUT2D eigenvalue weighted by atomic mass is 16.5. The highest BCUT2D eigenvalue weighted by Gasteiger charge is 2.21. The number of nitrogens with zero attached hydrogens (tertiary/aromatic N) is 4. The maximum Gasteiger partial charge on any atom is 0.191 e. The lowest BCUT2D eigenvalue weighted by molar-refractivity contribution is -0.0284. The van der Waals surface area contributed by atoms with E-state index < -0.39 is 0 Å². The lowest BCUT2D eigenvalue weighted by atomic mass is 10.2. The van der Waals surface area contributed by atoms with E-state index in [9.17, 15) is 0 Å². The van der Waals surface area contributed by atoms with Gasteiger partial charge in [0.05, 0.1) is 19.3 Å². The summed E-state index contributed by atoms with van der Waals surface area (Å²) < 4.78 is 5.97. The van der Waals surface area contributed by atoms with Crippen LogP contribution in [0.4, 0.5) is 5.82 Å². The molecule has 0 spiro atoms. The molecular weight excluding hydrogens is 388 g/mol. The molecule has 0 radical (unpaired) electrons. The summed E-state index contributed by atoms with van der Waals surface area (Å²) in [6.45, 7) is 15.1. The Kier molecular flexibility index (Phi) is 9.87. The van der Waals surface area contributed by atoms with E-state index in [0.29, 0.717) is 12.5 Å². The molecule has 0 saturated carbocycles. The minimum Gasteiger partial charge on any atom is -0.374 e. The van der Waals surface area contributed by atoms with Gasteiger partial charge in [-0.3, -0.25) is 4.90 Å². The number of rotatable bonds is 8. The number of hydrogen-bond donors (Lipinski definition) is 2. The number of ether oxygens (including phenoxy) is 1. The summed E-state index contributed by atoms with van der Waals surface area (Å²) >= 11 is 0. The van der Waals surface area contributed by atoms with Crippen LogP contribution in [0.1, 0.15) is 52.0 Å². The number of hydrogen-bond acceptors (Lipinski definition) is 5. The molecule has 3 rings (SSSR count). The van der Waals surface area contributed by atoms with Crippen LogP contribution in [0.25, 0.3) is 0 Å². The predicted molar refractivity (Wildman–Crippen MR) is 129 cm³/mol. The molecule has 1 aromatic rings. The van der Waals surface area contributed by atoms with E-state index in [1.165, 1.54) is 31.2 Å². The van der Waals surface area contributed by atoms with Crippen molar-refractivity contribution in [3.8, 4) is 0 Å². The molecule has 1 unspecified atom stereocenters. The number of aromatic nitrogens is 1. The monoisotopic (exact) mass is 430 g/mol. The Bertz CT molecular complexity index is 672. The van der Waals surface area contributed by atoms with E-state index in [1.807, 2.05) is 6.20 Å². The zero-order valence-electron chi connectivity index (χ0n) is 19.8. The van der Waals surface area contributed by atoms with Gasteiger partial charge in [-0.15, -0.1) is 0 Å². The van der Waals surface area contributed by atoms with Gasteiger partial charge in [0.15, 0.2) is 5.96 Å². The van der Waals surface area contributed by atoms with E-state index in [1.54, 1.807) is 0 Å². The van der Waals surface area contributed by atoms with Gasteiger partial charge in [-0.1, -0.05) is 26.7 Å². The SMILES string of the molecule is CCNC(=NCc1ccnc(N2CCCCCC2)c1)NCC1CN(CC(C)C)CCO1. The molecule has 0 aromatic carbocycles. The molecule has 31 heavy (non-hydrogen) atoms. The van der Waals surface area contributed by atoms with Crippen LogP contribution in [0.5, 0.6) is 0 Å². The molecule has 1 aromatic heterocycles. The van der Waals surface area contributed by atoms with Crippen LogP contribution in [0.2, 0.25) is 0 Å². The summed E-state index contributed by atoms with van der Waals surface area (Å²) in [5.74, 6) is 2.62. The van der Waals surface area contributed by atoms with Crippen LogP contribution in [0, 0.1) is 5.92 Å². The molecule has 0 amide bonds. The average molecular weight is 431 g/mol. The maximum absolute atomic E-state index is 5.97. The molecule has 2 aliphatic rings. The fourth-order valence-corrected chi connectivity index (χ4v) is 4.34. The van der Waals surface area contributed by atoms with Gasteiger partial charge >= 0.3 is 0 Å². The van der Waals surface area contributed by atoms with Crippen molar-refractivity contribution in [1.82, 2.24) is 20.5 Å². The normalized spacial score (nSPS) is 21.2. The van der Waals surface area contributed by atoms with Crippen LogP contribution in [0.15, 0.2) is 23.3 Å². The summed E-state index contributed by atoms with van der Waals surface area (Å²) in [7, 11) is 0. The zero-order chi connectivity index (χ0) is 21.9. The summed E-state index contributed by atoms with van der Waals surface area (Å²) in [6, 6.07) is 4.27. The Hall–Kier alpha value is -1.86. The Labute approximate surface area is 188 Å². The van der Waals surface area contributed by atoms with E-state index in [-0.39, 0.29) is 6.10 Å². The molecule has 7 heteroatoms. The lowest BCUT2D eigenvalue weighted by Crippen LogP contribution is -2.50. The third-order valence-corrected chi connectivity index (χ3v) is 5.85. The van der Waals surface area contributed by atoms with Crippen molar-refractivity contribution in [3.63, 3.8) is 0 Å². The van der Waals surface area contributed by atoms with Crippen molar-refractivity contribution in [2.24, 2.45) is 10.9 Å². The van der Waals surface area contributed by atoms with E-state index in [4.69, 9.17) is 9.73 Å². The molecule has 3 heterocycles. The Morgan fingerprint density at radius 2 is 2.00 bits per heavy atom. The number of guanidine groups is 1. The molecule has 2 fully saturated rings. The van der Waals surface area contributed by atoms with E-state index in [2.05, 4.69) is 58.3 Å². The first-order valence-corrected chi connectivity index (χ1v) is 12.2. The fourth-order valence-electron chi connectivity index (χ4n) is 4.34. The fraction of sp³-hybridized carbons (Fsp3) is 0.750. The van der Waals surface area contributed by atoms with Crippen molar-refractivity contribution in [2.45, 2.75) is 59.1 Å². The topological polar surface area (TPSA) is 65.0 Å². The maximum atomic E-state index is 5.97. The van der Waals surface area contributed by atoms with E-state index >= 15 is 0 Å². The molecular formula is C24H42N6O. The average Bonchev–Trinajstić information content (AvgIpc) is 3.05. The molecule has 7 nitrogen and oxygen atoms in total. The Morgan fingerprint density at radius 3 is 2.74 bits per heavy atom. The molecule has 1 atom stereocenters. The predicted octanol–water partition coefficient (Wildman–Crippen LogP) is 2.87. The van der Waals surface area contributed by atoms with Crippen LogP contribution >= 0.6 is 0 Å². The van der Waals surface area contributed by atoms with Crippen LogP contribution in [-0.2, 0) is 11.3 Å². The third kappa shape index (κ3) is 8.30. The number of aliphatic imine (C=N–C) groups is 1. The van der Waals surface area contributed by atoms with Gasteiger partial charge in [0.1, 0.15) is 5.82 Å². The second kappa shape index (κ2) is 12.9. The van der Waals surface area contributed by atoms with Crippen molar-refractivity contribution >= 4 is 11.8 Å². The second-order valence-electron chi connectivity index (χ2n) is 9.15. The number of nitrogens with one attached hydrogen (secondary N) is 2. The lowest BCUT2D eigenvalue weighted by Gasteiger charge is -2.34. The first-order valence-electron chi connectivity index (χ1n) is 12.2. The summed E-state index contributed by atoms with van der Waals surface area (Å²) in [5, 5.41) is 6.85. The molecule has 2 N–H and O–H groups in total. The standard InChI is InChI=1S/C24H42N6O/c1-4-25-24(28-17-22-19-29(13-14-31-22)18-20(2)3)27-16-21-9-10-26-23(15-21)30-11-7-5-6-8-12-30/h9-10,15,20,22H,4-8,11-14,16-19H2,1-3H3,(H2,25,27,28). The van der Waals surface area contributed by atoms with Crippen molar-refractivity contribution in [1.29, 1.82) is 0 Å². The van der Waals surface area contributed by atoms with Crippen molar-refractivity contribution < 1.29 is 4.74 Å². The number of morpholine rings is 1. The molecule has 174 valence electrons. The van der Waals surface area contributed by atoms with E-state index in [0.717, 1.165) is 64.2 Å². The molecule has 2 saturated heterocycles. The quantitative estimate of drug-likeness (QED) is 0.488. The first-order chi connectivity index (χ1) is 15.1. The number of pyridine rings is 1. The van der Waals surface area contributed by atoms with Crippen molar-refractivity contribution in [2.75, 3.05) is 57.3 Å². The largest absolute Gasteiger partial charge is 0.374 e. The third-order valence-electron chi connectivity index (χ3n) is 5.85. The van der Waals surface area contributed by atoms with Gasteiger partial charge in [0, 0.05) is 52.0 Å². The minimum atomic E-state index is 0.201. The minimum absolute atomic E-state index is 0.201. The van der Waals surface area contributed by atoms with Gasteiger partial charge < -0.3 is 20.3 Å². The highest BCUT2D eigenvalue weighted by Crippen LogP contribution is 2.18. The van der Waals surface area contributed by atoms with Crippen LogP contribution in [0.3, 0.4) is 0 Å². The Balaban J connectivity index is 1.54. The Morgan fingerprint density at radius 1 is 1.19 bits per heavy atom. The van der Waals surface area contributed by atoms with Gasteiger partial charge in [-0.05, 0) is 43.4 Å². The van der Waals surface area contributed by atoms with Gasteiger partial charge in [-0.25, -0.2) is 9.98 Å². The molecule has 2 aliphatic heterocycles. The summed E-state index contributed by atoms with van der Waals surface area (Å²) in [5.41, 5.74) is 1.20. The molecule has 0 bridgehead atoms.